The van der Waals surface area contributed by atoms with Gasteiger partial charge < -0.3 is 5.11 Å². The predicted octanol–water partition coefficient (Wildman–Crippen LogP) is 4.47. The molecule has 0 radical (unpaired) electrons. The number of hydrogen-bond donors (Lipinski definition) is 1. The Morgan fingerprint density at radius 1 is 1.16 bits per heavy atom. The first-order valence-corrected chi connectivity index (χ1v) is 7.18. The fourth-order valence-corrected chi connectivity index (χ4v) is 2.74. The largest absolute Gasteiger partial charge is 0.478 e. The lowest BCUT2D eigenvalue weighted by Crippen LogP contribution is -2.00. The molecule has 3 heteroatoms. The molecule has 98 valence electrons. The van der Waals surface area contributed by atoms with Gasteiger partial charge in [0.15, 0.2) is 0 Å². The smallest absolute Gasteiger partial charge is 0.335 e. The molecule has 0 amide bonds. The first-order chi connectivity index (χ1) is 9.13. The molecule has 0 spiro atoms. The second-order valence-corrected chi connectivity index (χ2v) is 5.58. The second-order valence-electron chi connectivity index (χ2n) is 4.24. The van der Waals surface area contributed by atoms with Crippen LogP contribution in [0.4, 0.5) is 0 Å². The molecular formula is C16H16O2S. The van der Waals surface area contributed by atoms with Crippen LogP contribution in [0.3, 0.4) is 0 Å². The summed E-state index contributed by atoms with van der Waals surface area (Å²) >= 11 is 1.80. The molecule has 0 aliphatic rings. The quantitative estimate of drug-likeness (QED) is 0.834. The Kier molecular flexibility index (Phi) is 4.27. The third kappa shape index (κ3) is 2.99. The molecule has 0 aromatic heterocycles. The third-order valence-electron chi connectivity index (χ3n) is 3.04. The summed E-state index contributed by atoms with van der Waals surface area (Å²) in [6, 6.07) is 13.7. The van der Waals surface area contributed by atoms with Gasteiger partial charge in [-0.3, -0.25) is 0 Å². The number of hydrogen-bond acceptors (Lipinski definition) is 2. The Morgan fingerprint density at radius 2 is 1.84 bits per heavy atom. The Balaban J connectivity index is 2.41. The lowest BCUT2D eigenvalue weighted by atomic mass is 9.96. The first kappa shape index (κ1) is 13.7. The van der Waals surface area contributed by atoms with Crippen LogP contribution in [0, 0.1) is 6.92 Å². The number of aromatic carboxylic acids is 1. The van der Waals surface area contributed by atoms with E-state index < -0.39 is 5.97 Å². The molecule has 0 saturated heterocycles. The van der Waals surface area contributed by atoms with Gasteiger partial charge in [-0.05, 0) is 47.6 Å². The summed E-state index contributed by atoms with van der Waals surface area (Å²) in [5, 5.41) is 9.15. The Morgan fingerprint density at radius 3 is 2.42 bits per heavy atom. The molecule has 0 aliphatic heterocycles. The average molecular weight is 272 g/mol. The van der Waals surface area contributed by atoms with Crippen LogP contribution in [0.2, 0.25) is 0 Å². The van der Waals surface area contributed by atoms with Gasteiger partial charge in [-0.2, -0.15) is 0 Å². The summed E-state index contributed by atoms with van der Waals surface area (Å²) in [6.07, 6.45) is 0. The molecule has 0 aliphatic carbocycles. The molecule has 0 saturated carbocycles. The Hall–Kier alpha value is -1.74. The van der Waals surface area contributed by atoms with Gasteiger partial charge in [0.05, 0.1) is 5.56 Å². The summed E-state index contributed by atoms with van der Waals surface area (Å²) in [6.45, 7) is 3.98. The van der Waals surface area contributed by atoms with E-state index >= 15 is 0 Å². The van der Waals surface area contributed by atoms with Crippen molar-refractivity contribution in [1.82, 2.24) is 0 Å². The van der Waals surface area contributed by atoms with Crippen molar-refractivity contribution < 1.29 is 9.90 Å². The Bertz CT molecular complexity index is 588. The van der Waals surface area contributed by atoms with Crippen LogP contribution in [0.1, 0.15) is 22.8 Å². The Labute approximate surface area is 117 Å². The first-order valence-electron chi connectivity index (χ1n) is 6.19. The normalized spacial score (nSPS) is 10.4. The van der Waals surface area contributed by atoms with Crippen LogP contribution in [0.25, 0.3) is 11.1 Å². The average Bonchev–Trinajstić information content (AvgIpc) is 2.40. The number of thioether (sulfide) groups is 1. The van der Waals surface area contributed by atoms with Crippen molar-refractivity contribution in [3.8, 4) is 11.1 Å². The van der Waals surface area contributed by atoms with Crippen LogP contribution >= 0.6 is 11.8 Å². The van der Waals surface area contributed by atoms with E-state index in [0.29, 0.717) is 5.56 Å². The number of carboxylic acid groups (broad SMARTS) is 1. The molecule has 2 aromatic rings. The standard InChI is InChI=1S/C16H16O2S/c1-3-19-13-9-7-12(8-10-13)14-5-4-6-15(11(14)2)16(17)18/h4-10H,3H2,1-2H3,(H,17,18). The minimum Gasteiger partial charge on any atom is -0.478 e. The van der Waals surface area contributed by atoms with Crippen molar-refractivity contribution in [2.75, 3.05) is 5.75 Å². The molecule has 2 nitrogen and oxygen atoms in total. The number of rotatable bonds is 4. The molecule has 19 heavy (non-hydrogen) atoms. The maximum Gasteiger partial charge on any atom is 0.335 e. The van der Waals surface area contributed by atoms with E-state index in [9.17, 15) is 4.79 Å². The van der Waals surface area contributed by atoms with Crippen molar-refractivity contribution >= 4 is 17.7 Å². The zero-order valence-corrected chi connectivity index (χ0v) is 11.8. The van der Waals surface area contributed by atoms with Gasteiger partial charge in [-0.1, -0.05) is 31.2 Å². The molecule has 0 atom stereocenters. The lowest BCUT2D eigenvalue weighted by molar-refractivity contribution is 0.0696. The van der Waals surface area contributed by atoms with E-state index in [2.05, 4.69) is 19.1 Å². The van der Waals surface area contributed by atoms with E-state index in [0.717, 1.165) is 22.4 Å². The monoisotopic (exact) mass is 272 g/mol. The van der Waals surface area contributed by atoms with Crippen molar-refractivity contribution in [2.24, 2.45) is 0 Å². The van der Waals surface area contributed by atoms with E-state index in [1.165, 1.54) is 4.90 Å². The minimum atomic E-state index is -0.877. The van der Waals surface area contributed by atoms with Crippen LogP contribution in [0.5, 0.6) is 0 Å². The molecular weight excluding hydrogens is 256 g/mol. The van der Waals surface area contributed by atoms with E-state index in [-0.39, 0.29) is 0 Å². The van der Waals surface area contributed by atoms with Crippen molar-refractivity contribution in [2.45, 2.75) is 18.7 Å². The third-order valence-corrected chi connectivity index (χ3v) is 3.93. The van der Waals surface area contributed by atoms with Crippen molar-refractivity contribution in [1.29, 1.82) is 0 Å². The summed E-state index contributed by atoms with van der Waals surface area (Å²) in [4.78, 5) is 12.4. The molecule has 0 bridgehead atoms. The zero-order valence-electron chi connectivity index (χ0n) is 11.0. The lowest BCUT2D eigenvalue weighted by Gasteiger charge is -2.09. The van der Waals surface area contributed by atoms with Crippen LogP contribution < -0.4 is 0 Å². The fourth-order valence-electron chi connectivity index (χ4n) is 2.08. The highest BCUT2D eigenvalue weighted by atomic mass is 32.2. The number of carbonyl (C=O) groups is 1. The molecule has 2 rings (SSSR count). The highest BCUT2D eigenvalue weighted by Crippen LogP contribution is 2.28. The van der Waals surface area contributed by atoms with E-state index in [4.69, 9.17) is 5.11 Å². The van der Waals surface area contributed by atoms with Gasteiger partial charge in [-0.25, -0.2) is 4.79 Å². The SMILES string of the molecule is CCSc1ccc(-c2cccc(C(=O)O)c2C)cc1. The van der Waals surface area contributed by atoms with Gasteiger partial charge >= 0.3 is 5.97 Å². The van der Waals surface area contributed by atoms with Crippen molar-refractivity contribution in [3.05, 3.63) is 53.6 Å². The van der Waals surface area contributed by atoms with Crippen LogP contribution in [0.15, 0.2) is 47.4 Å². The van der Waals surface area contributed by atoms with Gasteiger partial charge in [-0.15, -0.1) is 11.8 Å². The van der Waals surface area contributed by atoms with Crippen molar-refractivity contribution in [3.63, 3.8) is 0 Å². The minimum absolute atomic E-state index is 0.365. The van der Waals surface area contributed by atoms with E-state index in [1.807, 2.05) is 25.1 Å². The summed E-state index contributed by atoms with van der Waals surface area (Å²) < 4.78 is 0. The van der Waals surface area contributed by atoms with Crippen LogP contribution in [-0.4, -0.2) is 16.8 Å². The highest BCUT2D eigenvalue weighted by molar-refractivity contribution is 7.99. The predicted molar refractivity (Wildman–Crippen MR) is 80.0 cm³/mol. The van der Waals surface area contributed by atoms with Gasteiger partial charge in [0.2, 0.25) is 0 Å². The molecule has 1 N–H and O–H groups in total. The van der Waals surface area contributed by atoms with E-state index in [1.54, 1.807) is 23.9 Å². The maximum atomic E-state index is 11.1. The van der Waals surface area contributed by atoms with Gasteiger partial charge in [0, 0.05) is 4.90 Å². The molecule has 0 fully saturated rings. The number of carboxylic acids is 1. The molecule has 2 aromatic carbocycles. The molecule has 0 heterocycles. The zero-order chi connectivity index (χ0) is 13.8. The molecule has 0 unspecified atom stereocenters. The summed E-state index contributed by atoms with van der Waals surface area (Å²) in [7, 11) is 0. The summed E-state index contributed by atoms with van der Waals surface area (Å²) in [5.41, 5.74) is 3.21. The highest BCUT2D eigenvalue weighted by Gasteiger charge is 2.11. The summed E-state index contributed by atoms with van der Waals surface area (Å²) in [5.74, 6) is 0.171. The number of benzene rings is 2. The van der Waals surface area contributed by atoms with Gasteiger partial charge in [0.1, 0.15) is 0 Å². The van der Waals surface area contributed by atoms with Gasteiger partial charge in [0.25, 0.3) is 0 Å². The van der Waals surface area contributed by atoms with Crippen LogP contribution in [-0.2, 0) is 0 Å². The maximum absolute atomic E-state index is 11.1. The second kappa shape index (κ2) is 5.93. The fraction of sp³-hybridized carbons (Fsp3) is 0.188. The topological polar surface area (TPSA) is 37.3 Å².